The highest BCUT2D eigenvalue weighted by molar-refractivity contribution is 7.92. The van der Waals surface area contributed by atoms with Crippen molar-refractivity contribution < 1.29 is 21.6 Å². The van der Waals surface area contributed by atoms with Gasteiger partial charge in [0, 0.05) is 12.3 Å². The van der Waals surface area contributed by atoms with Crippen LogP contribution in [0.1, 0.15) is 25.3 Å². The third kappa shape index (κ3) is 4.67. The molecule has 1 aliphatic rings. The summed E-state index contributed by atoms with van der Waals surface area (Å²) in [7, 11) is -6.78. The third-order valence-electron chi connectivity index (χ3n) is 4.83. The summed E-state index contributed by atoms with van der Waals surface area (Å²) in [5, 5.41) is 0. The number of fused-ring (bicyclic) bond motifs is 1. The van der Waals surface area contributed by atoms with Gasteiger partial charge in [-0.15, -0.1) is 0 Å². The first-order valence-electron chi connectivity index (χ1n) is 9.37. The average Bonchev–Trinajstić information content (AvgIpc) is 2.91. The maximum atomic E-state index is 13.2. The molecular weight excluding hydrogens is 398 g/mol. The van der Waals surface area contributed by atoms with Gasteiger partial charge < -0.3 is 4.74 Å². The number of nitrogens with zero attached hydrogens (tertiary/aromatic N) is 1. The lowest BCUT2D eigenvalue weighted by Crippen LogP contribution is -2.31. The second-order valence-corrected chi connectivity index (χ2v) is 11.1. The predicted molar refractivity (Wildman–Crippen MR) is 110 cm³/mol. The van der Waals surface area contributed by atoms with Gasteiger partial charge in [-0.3, -0.25) is 4.31 Å². The SMILES string of the molecule is CCS(=O)(=O)CCOc1ccc(S(=O)(=O)N2CCCCc3ccccc32)cc1. The second-order valence-electron chi connectivity index (χ2n) is 6.72. The van der Waals surface area contributed by atoms with Crippen LogP contribution in [0, 0.1) is 0 Å². The van der Waals surface area contributed by atoms with E-state index >= 15 is 0 Å². The summed E-state index contributed by atoms with van der Waals surface area (Å²) in [6.07, 6.45) is 2.63. The smallest absolute Gasteiger partial charge is 0.264 e. The van der Waals surface area contributed by atoms with Gasteiger partial charge in [-0.25, -0.2) is 16.8 Å². The first-order chi connectivity index (χ1) is 13.3. The number of aryl methyl sites for hydroxylation is 1. The van der Waals surface area contributed by atoms with E-state index in [1.807, 2.05) is 24.3 Å². The summed E-state index contributed by atoms with van der Waals surface area (Å²) >= 11 is 0. The molecule has 8 heteroatoms. The molecule has 6 nitrogen and oxygen atoms in total. The van der Waals surface area contributed by atoms with E-state index in [0.717, 1.165) is 30.5 Å². The Labute approximate surface area is 167 Å². The lowest BCUT2D eigenvalue weighted by Gasteiger charge is -2.24. The van der Waals surface area contributed by atoms with Crippen molar-refractivity contribution in [3.05, 3.63) is 54.1 Å². The molecule has 0 aliphatic carbocycles. The van der Waals surface area contributed by atoms with Crippen LogP contribution >= 0.6 is 0 Å². The molecule has 0 N–H and O–H groups in total. The first kappa shape index (κ1) is 20.7. The minimum atomic E-state index is -3.68. The molecule has 0 aromatic heterocycles. The number of rotatable bonds is 7. The lowest BCUT2D eigenvalue weighted by atomic mass is 10.1. The average molecular weight is 424 g/mol. The molecule has 0 unspecified atom stereocenters. The van der Waals surface area contributed by atoms with E-state index in [-0.39, 0.29) is 23.0 Å². The maximum absolute atomic E-state index is 13.2. The summed E-state index contributed by atoms with van der Waals surface area (Å²) in [4.78, 5) is 0.192. The summed E-state index contributed by atoms with van der Waals surface area (Å²) < 4.78 is 56.4. The van der Waals surface area contributed by atoms with Crippen molar-refractivity contribution in [2.24, 2.45) is 0 Å². The number of hydrogen-bond acceptors (Lipinski definition) is 5. The Hall–Kier alpha value is -2.06. The minimum Gasteiger partial charge on any atom is -0.493 e. The molecule has 0 spiro atoms. The lowest BCUT2D eigenvalue weighted by molar-refractivity contribution is 0.340. The van der Waals surface area contributed by atoms with Crippen LogP contribution in [0.5, 0.6) is 5.75 Å². The zero-order chi connectivity index (χ0) is 20.2. The monoisotopic (exact) mass is 423 g/mol. The molecule has 152 valence electrons. The fraction of sp³-hybridized carbons (Fsp3) is 0.400. The topological polar surface area (TPSA) is 80.8 Å². The molecule has 3 rings (SSSR count). The Bertz CT molecular complexity index is 1010. The molecule has 0 amide bonds. The molecule has 0 atom stereocenters. The van der Waals surface area contributed by atoms with Crippen LogP contribution in [0.2, 0.25) is 0 Å². The van der Waals surface area contributed by atoms with Gasteiger partial charge in [-0.2, -0.15) is 0 Å². The number of para-hydroxylation sites is 1. The van der Waals surface area contributed by atoms with Crippen molar-refractivity contribution in [3.8, 4) is 5.75 Å². The summed E-state index contributed by atoms with van der Waals surface area (Å²) in [5.74, 6) is 0.459. The number of sulfonamides is 1. The van der Waals surface area contributed by atoms with E-state index < -0.39 is 19.9 Å². The predicted octanol–water partition coefficient (Wildman–Crippen LogP) is 3.03. The summed E-state index contributed by atoms with van der Waals surface area (Å²) in [6, 6.07) is 13.8. The highest BCUT2D eigenvalue weighted by Crippen LogP contribution is 2.31. The van der Waals surface area contributed by atoms with E-state index in [1.54, 1.807) is 19.1 Å². The molecular formula is C20H25NO5S2. The highest BCUT2D eigenvalue weighted by Gasteiger charge is 2.27. The van der Waals surface area contributed by atoms with Crippen molar-refractivity contribution in [3.63, 3.8) is 0 Å². The van der Waals surface area contributed by atoms with E-state index in [4.69, 9.17) is 4.74 Å². The van der Waals surface area contributed by atoms with Crippen molar-refractivity contribution >= 4 is 25.5 Å². The molecule has 0 radical (unpaired) electrons. The second kappa shape index (κ2) is 8.53. The molecule has 0 saturated carbocycles. The van der Waals surface area contributed by atoms with Crippen molar-refractivity contribution in [1.29, 1.82) is 0 Å². The number of anilines is 1. The molecule has 0 bridgehead atoms. The Morgan fingerprint density at radius 1 is 0.964 bits per heavy atom. The van der Waals surface area contributed by atoms with Gasteiger partial charge in [0.05, 0.1) is 16.3 Å². The largest absolute Gasteiger partial charge is 0.493 e. The fourth-order valence-corrected chi connectivity index (χ4v) is 5.34. The summed E-state index contributed by atoms with van der Waals surface area (Å²) in [6.45, 7) is 2.09. The number of ether oxygens (including phenoxy) is 1. The Balaban J connectivity index is 1.78. The maximum Gasteiger partial charge on any atom is 0.264 e. The molecule has 28 heavy (non-hydrogen) atoms. The van der Waals surface area contributed by atoms with Gasteiger partial charge in [0.2, 0.25) is 0 Å². The van der Waals surface area contributed by atoms with E-state index in [9.17, 15) is 16.8 Å². The van der Waals surface area contributed by atoms with Crippen LogP contribution in [0.3, 0.4) is 0 Å². The summed E-state index contributed by atoms with van der Waals surface area (Å²) in [5.41, 5.74) is 1.78. The van der Waals surface area contributed by atoms with Crippen LogP contribution in [0.25, 0.3) is 0 Å². The fourth-order valence-electron chi connectivity index (χ4n) is 3.17. The van der Waals surface area contributed by atoms with Gasteiger partial charge in [-0.1, -0.05) is 25.1 Å². The van der Waals surface area contributed by atoms with Crippen LogP contribution in [0.4, 0.5) is 5.69 Å². The van der Waals surface area contributed by atoms with Crippen molar-refractivity contribution in [1.82, 2.24) is 0 Å². The van der Waals surface area contributed by atoms with Crippen LogP contribution in [-0.4, -0.2) is 41.5 Å². The standard InChI is InChI=1S/C20H25NO5S2/c1-2-27(22,23)16-15-26-18-10-12-19(13-11-18)28(24,25)21-14-6-5-8-17-7-3-4-9-20(17)21/h3-4,7,9-13H,2,5-6,8,14-16H2,1H3. The quantitative estimate of drug-likeness (QED) is 0.684. The molecule has 2 aromatic rings. The number of hydrogen-bond donors (Lipinski definition) is 0. The van der Waals surface area contributed by atoms with Crippen LogP contribution in [0.15, 0.2) is 53.4 Å². The molecule has 0 fully saturated rings. The van der Waals surface area contributed by atoms with Gasteiger partial charge in [0.25, 0.3) is 10.0 Å². The Kier molecular flexibility index (Phi) is 6.30. The Morgan fingerprint density at radius 3 is 2.39 bits per heavy atom. The van der Waals surface area contributed by atoms with Gasteiger partial charge in [0.1, 0.15) is 12.4 Å². The van der Waals surface area contributed by atoms with Crippen LogP contribution < -0.4 is 9.04 Å². The zero-order valence-corrected chi connectivity index (χ0v) is 17.5. The van der Waals surface area contributed by atoms with Gasteiger partial charge in [-0.05, 0) is 55.2 Å². The molecule has 1 aliphatic heterocycles. The number of sulfone groups is 1. The molecule has 2 aromatic carbocycles. The van der Waals surface area contributed by atoms with Gasteiger partial charge >= 0.3 is 0 Å². The van der Waals surface area contributed by atoms with E-state index in [0.29, 0.717) is 12.3 Å². The number of benzene rings is 2. The third-order valence-corrected chi connectivity index (χ3v) is 8.33. The minimum absolute atomic E-state index is 0.0434. The van der Waals surface area contributed by atoms with Gasteiger partial charge in [0.15, 0.2) is 9.84 Å². The first-order valence-corrected chi connectivity index (χ1v) is 12.6. The highest BCUT2D eigenvalue weighted by atomic mass is 32.2. The van der Waals surface area contributed by atoms with Crippen molar-refractivity contribution in [2.75, 3.05) is 29.0 Å². The van der Waals surface area contributed by atoms with Crippen molar-refractivity contribution in [2.45, 2.75) is 31.1 Å². The van der Waals surface area contributed by atoms with E-state index in [2.05, 4.69) is 0 Å². The molecule has 0 saturated heterocycles. The van der Waals surface area contributed by atoms with Crippen LogP contribution in [-0.2, 0) is 26.3 Å². The Morgan fingerprint density at radius 2 is 1.68 bits per heavy atom. The normalized spacial score (nSPS) is 15.0. The zero-order valence-electron chi connectivity index (χ0n) is 15.9. The molecule has 1 heterocycles. The van der Waals surface area contributed by atoms with E-state index in [1.165, 1.54) is 16.4 Å².